The molecule has 1 amide bonds. The maximum atomic E-state index is 9.98. The molecule has 5 heteroatoms. The van der Waals surface area contributed by atoms with Gasteiger partial charge in [0.05, 0.1) is 6.20 Å². The highest BCUT2D eigenvalue weighted by molar-refractivity contribution is 5.63. The first-order valence-corrected chi connectivity index (χ1v) is 2.58. The number of amides is 1. The molecule has 0 unspecified atom stereocenters. The molecular formula is C5H6N2O3. The first-order valence-electron chi connectivity index (χ1n) is 2.58. The monoisotopic (exact) mass is 142 g/mol. The van der Waals surface area contributed by atoms with Gasteiger partial charge in [0, 0.05) is 0 Å². The number of nitrogens with one attached hydrogen (secondary N) is 1. The molecule has 1 aliphatic heterocycles. The van der Waals surface area contributed by atoms with Crippen molar-refractivity contribution in [2.45, 2.75) is 0 Å². The topological polar surface area (TPSA) is 61.8 Å². The van der Waals surface area contributed by atoms with E-state index in [1.807, 2.05) is 5.43 Å². The van der Waals surface area contributed by atoms with Crippen LogP contribution < -0.4 is 5.43 Å². The van der Waals surface area contributed by atoms with Gasteiger partial charge in [-0.3, -0.25) is 0 Å². The average Bonchev–Trinajstić information content (AvgIpc) is 1.88. The Morgan fingerprint density at radius 3 is 2.90 bits per heavy atom. The Hall–Kier alpha value is -1.65. The number of hydrogen-bond acceptors (Lipinski definition) is 3. The summed E-state index contributed by atoms with van der Waals surface area (Å²) >= 11 is 0. The molecule has 10 heavy (non-hydrogen) atoms. The van der Waals surface area contributed by atoms with Crippen LogP contribution >= 0.6 is 0 Å². The van der Waals surface area contributed by atoms with Crippen LogP contribution in [-0.4, -0.2) is 16.4 Å². The number of nitrogens with zero attached hydrogens (tertiary/aromatic N) is 1. The molecule has 0 saturated carbocycles. The Morgan fingerprint density at radius 2 is 2.40 bits per heavy atom. The molecule has 0 bridgehead atoms. The molecule has 1 heterocycles. The summed E-state index contributed by atoms with van der Waals surface area (Å²) in [4.78, 5) is 14.6. The molecule has 0 fully saturated rings. The third-order valence-electron chi connectivity index (χ3n) is 0.791. The zero-order chi connectivity index (χ0) is 7.40. The van der Waals surface area contributed by atoms with Crippen molar-refractivity contribution < 1.29 is 14.7 Å². The van der Waals surface area contributed by atoms with Crippen molar-refractivity contribution in [2.24, 2.45) is 0 Å². The number of hydroxylamine groups is 1. The maximum Gasteiger partial charge on any atom is 0.426 e. The van der Waals surface area contributed by atoms with E-state index < -0.39 is 6.09 Å². The van der Waals surface area contributed by atoms with Crippen LogP contribution in [0.2, 0.25) is 0 Å². The van der Waals surface area contributed by atoms with Crippen molar-refractivity contribution in [3.63, 3.8) is 0 Å². The van der Waals surface area contributed by atoms with Crippen molar-refractivity contribution in [1.29, 1.82) is 0 Å². The summed E-state index contributed by atoms with van der Waals surface area (Å²) in [5.74, 6) is 0. The van der Waals surface area contributed by atoms with Gasteiger partial charge in [-0.2, -0.15) is 5.43 Å². The standard InChI is InChI=1S/C5H6N2O3/c8-5(9)6-7-3-1-2-4-10-7/h1-4,6H,(H,8,9). The number of carboxylic acid groups (broad SMARTS) is 1. The fraction of sp³-hybridized carbons (Fsp3) is 0. The maximum absolute atomic E-state index is 9.98. The second-order valence-electron chi connectivity index (χ2n) is 1.52. The molecule has 0 atom stereocenters. The van der Waals surface area contributed by atoms with Crippen LogP contribution in [0.1, 0.15) is 0 Å². The summed E-state index contributed by atoms with van der Waals surface area (Å²) in [6.45, 7) is 0. The van der Waals surface area contributed by atoms with Crippen molar-refractivity contribution in [3.8, 4) is 0 Å². The highest BCUT2D eigenvalue weighted by atomic mass is 16.7. The van der Waals surface area contributed by atoms with Gasteiger partial charge in [0.1, 0.15) is 6.26 Å². The number of rotatable bonds is 1. The molecule has 0 aliphatic carbocycles. The van der Waals surface area contributed by atoms with E-state index in [-0.39, 0.29) is 0 Å². The summed E-state index contributed by atoms with van der Waals surface area (Å²) in [6, 6.07) is 0. The van der Waals surface area contributed by atoms with Gasteiger partial charge in [0.15, 0.2) is 0 Å². The molecule has 5 nitrogen and oxygen atoms in total. The van der Waals surface area contributed by atoms with Crippen LogP contribution in [0.4, 0.5) is 4.79 Å². The molecule has 0 aromatic rings. The Balaban J connectivity index is 2.37. The third-order valence-corrected chi connectivity index (χ3v) is 0.791. The molecule has 0 radical (unpaired) electrons. The molecule has 2 N–H and O–H groups in total. The Morgan fingerprint density at radius 1 is 1.60 bits per heavy atom. The van der Waals surface area contributed by atoms with Crippen LogP contribution in [0.5, 0.6) is 0 Å². The third kappa shape index (κ3) is 1.70. The Kier molecular flexibility index (Phi) is 1.79. The lowest BCUT2D eigenvalue weighted by Gasteiger charge is -2.17. The lowest BCUT2D eigenvalue weighted by Crippen LogP contribution is -2.36. The average molecular weight is 142 g/mol. The lowest BCUT2D eigenvalue weighted by atomic mass is 10.6. The van der Waals surface area contributed by atoms with Gasteiger partial charge in [-0.05, 0) is 12.2 Å². The second-order valence-corrected chi connectivity index (χ2v) is 1.52. The van der Waals surface area contributed by atoms with E-state index in [1.54, 1.807) is 12.2 Å². The number of allylic oxidation sites excluding steroid dienone is 2. The van der Waals surface area contributed by atoms with E-state index in [4.69, 9.17) is 5.11 Å². The summed E-state index contributed by atoms with van der Waals surface area (Å²) in [5.41, 5.74) is 1.97. The smallest absolute Gasteiger partial charge is 0.426 e. The molecule has 0 aromatic heterocycles. The predicted octanol–water partition coefficient (Wildman–Crippen LogP) is 0.444. The minimum absolute atomic E-state index is 0.975. The van der Waals surface area contributed by atoms with Gasteiger partial charge in [-0.15, -0.1) is 5.17 Å². The molecule has 0 aromatic carbocycles. The van der Waals surface area contributed by atoms with E-state index in [0.29, 0.717) is 0 Å². The van der Waals surface area contributed by atoms with Crippen molar-refractivity contribution in [1.82, 2.24) is 10.6 Å². The summed E-state index contributed by atoms with van der Waals surface area (Å²) < 4.78 is 0. The van der Waals surface area contributed by atoms with Gasteiger partial charge in [-0.1, -0.05) is 0 Å². The predicted molar refractivity (Wildman–Crippen MR) is 32.4 cm³/mol. The number of carbonyl (C=O) groups is 1. The van der Waals surface area contributed by atoms with E-state index in [0.717, 1.165) is 5.17 Å². The fourth-order valence-electron chi connectivity index (χ4n) is 0.467. The molecule has 1 aliphatic rings. The lowest BCUT2D eigenvalue weighted by molar-refractivity contribution is -0.0951. The van der Waals surface area contributed by atoms with E-state index >= 15 is 0 Å². The summed E-state index contributed by atoms with van der Waals surface area (Å²) in [6.07, 6.45) is 4.91. The van der Waals surface area contributed by atoms with Crippen LogP contribution in [0.25, 0.3) is 0 Å². The van der Waals surface area contributed by atoms with Gasteiger partial charge in [-0.25, -0.2) is 4.79 Å². The van der Waals surface area contributed by atoms with Crippen molar-refractivity contribution >= 4 is 6.09 Å². The first-order chi connectivity index (χ1) is 4.79. The Bertz CT molecular complexity index is 187. The Labute approximate surface area is 57.1 Å². The SMILES string of the molecule is O=C(O)NN1C=CC=CO1. The van der Waals surface area contributed by atoms with Gasteiger partial charge < -0.3 is 9.94 Å². The molecule has 0 saturated heterocycles. The largest absolute Gasteiger partial charge is 0.464 e. The zero-order valence-electron chi connectivity index (χ0n) is 5.02. The minimum Gasteiger partial charge on any atom is -0.464 e. The summed E-state index contributed by atoms with van der Waals surface area (Å²) in [5, 5.41) is 9.15. The molecular weight excluding hydrogens is 136 g/mol. The van der Waals surface area contributed by atoms with Crippen molar-refractivity contribution in [2.75, 3.05) is 0 Å². The minimum atomic E-state index is -1.17. The van der Waals surface area contributed by atoms with E-state index in [1.165, 1.54) is 12.5 Å². The normalized spacial score (nSPS) is 14.6. The summed E-state index contributed by atoms with van der Waals surface area (Å²) in [7, 11) is 0. The first kappa shape index (κ1) is 6.47. The van der Waals surface area contributed by atoms with Crippen molar-refractivity contribution in [3.05, 3.63) is 24.6 Å². The van der Waals surface area contributed by atoms with Crippen LogP contribution in [0.3, 0.4) is 0 Å². The molecule has 0 spiro atoms. The second kappa shape index (κ2) is 2.77. The number of hydrogen-bond donors (Lipinski definition) is 2. The van der Waals surface area contributed by atoms with Crippen LogP contribution in [-0.2, 0) is 4.84 Å². The quantitative estimate of drug-likeness (QED) is 0.557. The number of hydrazine groups is 1. The fourth-order valence-corrected chi connectivity index (χ4v) is 0.467. The zero-order valence-corrected chi connectivity index (χ0v) is 5.02. The van der Waals surface area contributed by atoms with Gasteiger partial charge in [0.25, 0.3) is 0 Å². The van der Waals surface area contributed by atoms with E-state index in [9.17, 15) is 4.79 Å². The van der Waals surface area contributed by atoms with Crippen LogP contribution in [0.15, 0.2) is 24.6 Å². The van der Waals surface area contributed by atoms with Gasteiger partial charge in [0.2, 0.25) is 0 Å². The van der Waals surface area contributed by atoms with Crippen LogP contribution in [0, 0.1) is 0 Å². The van der Waals surface area contributed by atoms with Gasteiger partial charge >= 0.3 is 6.09 Å². The highest BCUT2D eigenvalue weighted by Gasteiger charge is 2.02. The highest BCUT2D eigenvalue weighted by Crippen LogP contribution is 1.95. The molecule has 54 valence electrons. The molecule has 1 rings (SSSR count). The van der Waals surface area contributed by atoms with E-state index in [2.05, 4.69) is 4.84 Å².